The second kappa shape index (κ2) is 15.5. The Morgan fingerprint density at radius 1 is 0.904 bits per heavy atom. The van der Waals surface area contributed by atoms with E-state index in [4.69, 9.17) is 9.57 Å². The number of imide groups is 1. The molecule has 1 aromatic heterocycles. The number of nitrogens with one attached hydrogen (secondary N) is 1. The number of fused-ring (bicyclic) bond motifs is 1. The van der Waals surface area contributed by atoms with Crippen LogP contribution in [-0.4, -0.2) is 92.9 Å². The zero-order valence-corrected chi connectivity index (χ0v) is 33.2. The smallest absolute Gasteiger partial charge is 0.410 e. The average Bonchev–Trinajstić information content (AvgIpc) is 3.54. The van der Waals surface area contributed by atoms with Gasteiger partial charge in [0.1, 0.15) is 17.7 Å². The number of hydroxylamine groups is 2. The molecule has 13 heteroatoms. The van der Waals surface area contributed by atoms with Gasteiger partial charge in [0.05, 0.1) is 6.04 Å². The number of rotatable bonds is 11. The van der Waals surface area contributed by atoms with Gasteiger partial charge >= 0.3 is 12.1 Å². The molecule has 286 valence electrons. The van der Waals surface area contributed by atoms with Crippen LogP contribution in [0, 0.1) is 11.3 Å². The van der Waals surface area contributed by atoms with E-state index in [9.17, 15) is 28.8 Å². The van der Waals surface area contributed by atoms with E-state index in [1.165, 1.54) is 23.8 Å². The largest absolute Gasteiger partial charge is 0.444 e. The van der Waals surface area contributed by atoms with Crippen LogP contribution in [0.15, 0.2) is 42.1 Å². The third-order valence-corrected chi connectivity index (χ3v) is 9.39. The molecule has 3 rings (SSSR count). The predicted octanol–water partition coefficient (Wildman–Crippen LogP) is 5.26. The molecule has 1 aromatic carbocycles. The van der Waals surface area contributed by atoms with Crippen molar-refractivity contribution in [3.63, 3.8) is 0 Å². The topological polar surface area (TPSA) is 148 Å². The number of aromatic nitrogens is 1. The molecule has 0 aliphatic carbocycles. The standard InChI is InChI=1S/C39H57N5O8/c1-23(2)28(21-24(3)35(49)52-44-29(45)19-20-30(44)46)42(13)34(48)31(37(4,5)6)40-33(47)32(43(14)36(50)51-38(7,8)9)39(10,11)26-22-41(12)27-18-16-15-17-25(26)27/h15-18,21-23,28,31-32H,19-20H2,1-14H3,(H,40,47)/b24-21+/t28?,31-,32-/m1/s1. The lowest BCUT2D eigenvalue weighted by atomic mass is 9.76. The van der Waals surface area contributed by atoms with Crippen molar-refractivity contribution in [2.75, 3.05) is 14.1 Å². The Morgan fingerprint density at radius 3 is 1.98 bits per heavy atom. The molecule has 52 heavy (non-hydrogen) atoms. The van der Waals surface area contributed by atoms with Crippen molar-refractivity contribution in [2.24, 2.45) is 18.4 Å². The zero-order chi connectivity index (χ0) is 39.7. The summed E-state index contributed by atoms with van der Waals surface area (Å²) in [7, 11) is 5.03. The summed E-state index contributed by atoms with van der Waals surface area (Å²) in [5.41, 5.74) is -0.715. The third kappa shape index (κ3) is 9.21. The minimum absolute atomic E-state index is 0.0335. The van der Waals surface area contributed by atoms with Gasteiger partial charge in [0.2, 0.25) is 11.8 Å². The molecule has 0 radical (unpaired) electrons. The van der Waals surface area contributed by atoms with Gasteiger partial charge in [0, 0.05) is 62.1 Å². The Morgan fingerprint density at radius 2 is 1.46 bits per heavy atom. The molecule has 13 nitrogen and oxygen atoms in total. The Bertz CT molecular complexity index is 1730. The molecular formula is C39H57N5O8. The first kappa shape index (κ1) is 41.7. The summed E-state index contributed by atoms with van der Waals surface area (Å²) < 4.78 is 7.70. The molecule has 1 aliphatic heterocycles. The summed E-state index contributed by atoms with van der Waals surface area (Å²) in [6.07, 6.45) is 2.75. The maximum Gasteiger partial charge on any atom is 0.410 e. The van der Waals surface area contributed by atoms with Crippen LogP contribution in [0.25, 0.3) is 10.9 Å². The van der Waals surface area contributed by atoms with E-state index in [1.54, 1.807) is 33.9 Å². The molecule has 0 spiro atoms. The van der Waals surface area contributed by atoms with Crippen molar-refractivity contribution < 1.29 is 38.3 Å². The molecule has 0 bridgehead atoms. The van der Waals surface area contributed by atoms with Gasteiger partial charge in [-0.05, 0) is 50.7 Å². The van der Waals surface area contributed by atoms with E-state index in [0.29, 0.717) is 5.06 Å². The number of carbonyl (C=O) groups is 6. The van der Waals surface area contributed by atoms with Crippen LogP contribution in [-0.2, 0) is 46.0 Å². The number of ether oxygens (including phenoxy) is 1. The number of benzene rings is 1. The lowest BCUT2D eigenvalue weighted by molar-refractivity contribution is -0.194. The summed E-state index contributed by atoms with van der Waals surface area (Å²) in [5.74, 6) is -3.25. The van der Waals surface area contributed by atoms with Gasteiger partial charge in [-0.2, -0.15) is 0 Å². The maximum absolute atomic E-state index is 14.7. The van der Waals surface area contributed by atoms with Gasteiger partial charge < -0.3 is 24.4 Å². The van der Waals surface area contributed by atoms with Crippen LogP contribution in [0.4, 0.5) is 4.79 Å². The first-order chi connectivity index (χ1) is 23.8. The van der Waals surface area contributed by atoms with Crippen molar-refractivity contribution in [1.82, 2.24) is 24.7 Å². The molecule has 1 saturated heterocycles. The van der Waals surface area contributed by atoms with Crippen molar-refractivity contribution in [3.05, 3.63) is 47.7 Å². The highest BCUT2D eigenvalue weighted by molar-refractivity contribution is 6.02. The molecule has 2 aromatic rings. The van der Waals surface area contributed by atoms with Gasteiger partial charge in [0.15, 0.2) is 0 Å². The fraction of sp³-hybridized carbons (Fsp3) is 0.590. The van der Waals surface area contributed by atoms with E-state index >= 15 is 0 Å². The fourth-order valence-electron chi connectivity index (χ4n) is 6.54. The molecule has 1 unspecified atom stereocenters. The summed E-state index contributed by atoms with van der Waals surface area (Å²) in [4.78, 5) is 87.6. The lowest BCUT2D eigenvalue weighted by Crippen LogP contribution is -2.63. The minimum atomic E-state index is -1.12. The Balaban J connectivity index is 2.02. The highest BCUT2D eigenvalue weighted by atomic mass is 16.7. The van der Waals surface area contributed by atoms with E-state index in [0.717, 1.165) is 16.5 Å². The quantitative estimate of drug-likeness (QED) is 0.244. The first-order valence-electron chi connectivity index (χ1n) is 17.6. The molecule has 5 amide bonds. The van der Waals surface area contributed by atoms with Crippen LogP contribution in [0.3, 0.4) is 0 Å². The number of hydrogen-bond donors (Lipinski definition) is 1. The number of aryl methyl sites for hydroxylation is 1. The van der Waals surface area contributed by atoms with E-state index in [-0.39, 0.29) is 24.3 Å². The zero-order valence-electron chi connectivity index (χ0n) is 33.2. The number of para-hydroxylation sites is 1. The monoisotopic (exact) mass is 723 g/mol. The van der Waals surface area contributed by atoms with E-state index in [1.807, 2.05) is 90.5 Å². The van der Waals surface area contributed by atoms with Crippen LogP contribution < -0.4 is 5.32 Å². The SMILES string of the molecule is C/C(=C\C(C(C)C)N(C)C(=O)[C@@H](NC(=O)[C@@H](N(C)C(=O)OC(C)(C)C)C(C)(C)c1cn(C)c2ccccc12)C(C)(C)C)C(=O)ON1C(=O)CCC1=O. The van der Waals surface area contributed by atoms with Gasteiger partial charge in [-0.15, -0.1) is 5.06 Å². The number of amides is 5. The van der Waals surface area contributed by atoms with Crippen LogP contribution in [0.5, 0.6) is 0 Å². The fourth-order valence-corrected chi connectivity index (χ4v) is 6.54. The van der Waals surface area contributed by atoms with Crippen molar-refractivity contribution >= 4 is 46.6 Å². The number of hydrogen-bond acceptors (Lipinski definition) is 8. The van der Waals surface area contributed by atoms with Crippen LogP contribution >= 0.6 is 0 Å². The molecular weight excluding hydrogens is 666 g/mol. The first-order valence-corrected chi connectivity index (χ1v) is 17.6. The van der Waals surface area contributed by atoms with Gasteiger partial charge in [-0.3, -0.25) is 24.1 Å². The molecule has 1 N–H and O–H groups in total. The van der Waals surface area contributed by atoms with Gasteiger partial charge in [-0.1, -0.05) is 72.7 Å². The lowest BCUT2D eigenvalue weighted by Gasteiger charge is -2.42. The molecule has 3 atom stereocenters. The average molecular weight is 724 g/mol. The van der Waals surface area contributed by atoms with E-state index in [2.05, 4.69) is 5.32 Å². The summed E-state index contributed by atoms with van der Waals surface area (Å²) in [5, 5.41) is 4.42. The number of carbonyl (C=O) groups excluding carboxylic acids is 6. The van der Waals surface area contributed by atoms with Crippen molar-refractivity contribution in [2.45, 2.75) is 118 Å². The second-order valence-corrected chi connectivity index (χ2v) is 16.7. The Kier molecular flexibility index (Phi) is 12.4. The number of likely N-dealkylation sites (N-methyl/N-ethyl adjacent to an activating group) is 2. The third-order valence-electron chi connectivity index (χ3n) is 9.39. The van der Waals surface area contributed by atoms with Crippen LogP contribution in [0.1, 0.15) is 94.6 Å². The summed E-state index contributed by atoms with van der Waals surface area (Å²) in [6.45, 7) is 19.8. The molecule has 1 aliphatic rings. The predicted molar refractivity (Wildman–Crippen MR) is 197 cm³/mol. The highest BCUT2D eigenvalue weighted by Gasteiger charge is 2.47. The van der Waals surface area contributed by atoms with Crippen molar-refractivity contribution in [3.8, 4) is 0 Å². The van der Waals surface area contributed by atoms with Gasteiger partial charge in [0.25, 0.3) is 11.8 Å². The van der Waals surface area contributed by atoms with Crippen LogP contribution in [0.2, 0.25) is 0 Å². The Labute approximate surface area is 307 Å². The number of nitrogens with zero attached hydrogens (tertiary/aromatic N) is 4. The normalized spacial score (nSPS) is 16.1. The summed E-state index contributed by atoms with van der Waals surface area (Å²) in [6, 6.07) is 4.99. The van der Waals surface area contributed by atoms with E-state index < -0.39 is 70.2 Å². The Hall–Kier alpha value is -4.68. The second-order valence-electron chi connectivity index (χ2n) is 16.7. The molecule has 1 fully saturated rings. The minimum Gasteiger partial charge on any atom is -0.444 e. The van der Waals surface area contributed by atoms with Gasteiger partial charge in [-0.25, -0.2) is 9.59 Å². The maximum atomic E-state index is 14.7. The highest BCUT2D eigenvalue weighted by Crippen LogP contribution is 2.37. The molecule has 2 heterocycles. The summed E-state index contributed by atoms with van der Waals surface area (Å²) >= 11 is 0. The van der Waals surface area contributed by atoms with Crippen molar-refractivity contribution in [1.29, 1.82) is 0 Å². The molecule has 0 saturated carbocycles.